The summed E-state index contributed by atoms with van der Waals surface area (Å²) in [5, 5.41) is 8.97. The van der Waals surface area contributed by atoms with Crippen molar-refractivity contribution in [2.75, 3.05) is 4.90 Å². The Labute approximate surface area is 132 Å². The van der Waals surface area contributed by atoms with Crippen molar-refractivity contribution in [2.24, 2.45) is 35.5 Å². The van der Waals surface area contributed by atoms with Gasteiger partial charge in [-0.15, -0.1) is 0 Å². The lowest BCUT2D eigenvalue weighted by molar-refractivity contribution is -0.124. The Morgan fingerprint density at radius 2 is 1.48 bits per heavy atom. The summed E-state index contributed by atoms with van der Waals surface area (Å²) < 4.78 is 0. The van der Waals surface area contributed by atoms with E-state index in [1.54, 1.807) is 12.1 Å². The highest BCUT2D eigenvalue weighted by Gasteiger charge is 2.67. The van der Waals surface area contributed by atoms with Crippen LogP contribution in [-0.2, 0) is 9.59 Å². The maximum atomic E-state index is 12.9. The average Bonchev–Trinajstić information content (AvgIpc) is 3.32. The van der Waals surface area contributed by atoms with Crippen molar-refractivity contribution in [1.82, 2.24) is 0 Å². The molecule has 5 aliphatic rings. The van der Waals surface area contributed by atoms with Gasteiger partial charge in [-0.25, -0.2) is 4.79 Å². The van der Waals surface area contributed by atoms with Crippen LogP contribution in [0.25, 0.3) is 0 Å². The number of carbonyl (C=O) groups excluding carboxylic acids is 2. The number of nitrogens with zero attached hydrogens (tertiary/aromatic N) is 1. The number of hydrogen-bond donors (Lipinski definition) is 1. The largest absolute Gasteiger partial charge is 0.478 e. The highest BCUT2D eigenvalue weighted by atomic mass is 16.4. The van der Waals surface area contributed by atoms with Crippen molar-refractivity contribution in [3.63, 3.8) is 0 Å². The van der Waals surface area contributed by atoms with Gasteiger partial charge < -0.3 is 5.11 Å². The third kappa shape index (κ3) is 1.54. The molecule has 6 rings (SSSR count). The van der Waals surface area contributed by atoms with Gasteiger partial charge in [-0.1, -0.05) is 12.2 Å². The van der Waals surface area contributed by atoms with E-state index in [1.165, 1.54) is 17.0 Å². The van der Waals surface area contributed by atoms with Crippen molar-refractivity contribution in [3.05, 3.63) is 42.0 Å². The van der Waals surface area contributed by atoms with Gasteiger partial charge in [-0.3, -0.25) is 14.5 Å². The molecule has 0 unspecified atom stereocenters. The molecule has 2 saturated carbocycles. The van der Waals surface area contributed by atoms with E-state index in [-0.39, 0.29) is 41.0 Å². The van der Waals surface area contributed by atoms with Crippen LogP contribution in [0.3, 0.4) is 0 Å². The number of allylic oxidation sites excluding steroid dienone is 2. The molecule has 4 aliphatic carbocycles. The van der Waals surface area contributed by atoms with Crippen molar-refractivity contribution >= 4 is 23.5 Å². The molecule has 23 heavy (non-hydrogen) atoms. The zero-order valence-corrected chi connectivity index (χ0v) is 12.3. The molecule has 1 aromatic carbocycles. The summed E-state index contributed by atoms with van der Waals surface area (Å²) in [7, 11) is 0. The summed E-state index contributed by atoms with van der Waals surface area (Å²) >= 11 is 0. The van der Waals surface area contributed by atoms with Gasteiger partial charge in [-0.2, -0.15) is 0 Å². The second kappa shape index (κ2) is 4.10. The van der Waals surface area contributed by atoms with Crippen LogP contribution in [0.4, 0.5) is 5.69 Å². The minimum atomic E-state index is -1.02. The van der Waals surface area contributed by atoms with E-state index in [0.717, 1.165) is 6.42 Å². The first-order valence-corrected chi connectivity index (χ1v) is 7.97. The lowest BCUT2D eigenvalue weighted by atomic mass is 9.63. The average molecular weight is 309 g/mol. The predicted octanol–water partition coefficient (Wildman–Crippen LogP) is 1.94. The molecule has 1 N–H and O–H groups in total. The zero-order valence-electron chi connectivity index (χ0n) is 12.3. The minimum absolute atomic E-state index is 0.118. The van der Waals surface area contributed by atoms with Crippen LogP contribution in [0, 0.1) is 35.5 Å². The van der Waals surface area contributed by atoms with Crippen molar-refractivity contribution in [1.29, 1.82) is 0 Å². The summed E-state index contributed by atoms with van der Waals surface area (Å²) in [6.07, 6.45) is 5.42. The molecule has 0 radical (unpaired) electrons. The Morgan fingerprint density at radius 1 is 0.957 bits per heavy atom. The Kier molecular flexibility index (Phi) is 2.33. The van der Waals surface area contributed by atoms with Gasteiger partial charge in [0, 0.05) is 0 Å². The molecule has 6 atom stereocenters. The molecule has 1 saturated heterocycles. The molecule has 0 aromatic heterocycles. The number of aromatic carboxylic acids is 1. The van der Waals surface area contributed by atoms with Crippen LogP contribution in [0.15, 0.2) is 36.4 Å². The summed E-state index contributed by atoms with van der Waals surface area (Å²) in [5.41, 5.74) is 0.626. The second-order valence-corrected chi connectivity index (χ2v) is 7.02. The maximum Gasteiger partial charge on any atom is 0.335 e. The summed E-state index contributed by atoms with van der Waals surface area (Å²) in [5.74, 6) is -0.132. The minimum Gasteiger partial charge on any atom is -0.478 e. The zero-order chi connectivity index (χ0) is 15.9. The highest BCUT2D eigenvalue weighted by Crippen LogP contribution is 2.65. The number of rotatable bonds is 2. The van der Waals surface area contributed by atoms with Crippen LogP contribution in [0.5, 0.6) is 0 Å². The number of benzene rings is 1. The molecule has 1 aliphatic heterocycles. The van der Waals surface area contributed by atoms with Crippen LogP contribution >= 0.6 is 0 Å². The first kappa shape index (κ1) is 13.0. The Hall–Kier alpha value is -2.43. The van der Waals surface area contributed by atoms with Crippen molar-refractivity contribution in [3.8, 4) is 0 Å². The SMILES string of the molecule is O=C(O)c1ccc(N2C(=O)[C@@H]3[C@H]4C=C[C@H]([C@H]5C[C@@H]45)[C@@H]3C2=O)cc1. The highest BCUT2D eigenvalue weighted by molar-refractivity contribution is 6.22. The molecule has 2 amide bonds. The first-order chi connectivity index (χ1) is 11.1. The smallest absolute Gasteiger partial charge is 0.335 e. The van der Waals surface area contributed by atoms with Gasteiger partial charge in [0.15, 0.2) is 0 Å². The van der Waals surface area contributed by atoms with Crippen LogP contribution in [0.2, 0.25) is 0 Å². The third-order valence-electron chi connectivity index (χ3n) is 6.04. The number of imide groups is 1. The van der Waals surface area contributed by atoms with Crippen LogP contribution in [-0.4, -0.2) is 22.9 Å². The van der Waals surface area contributed by atoms with Gasteiger partial charge >= 0.3 is 5.97 Å². The van der Waals surface area contributed by atoms with E-state index in [1.807, 2.05) is 0 Å². The molecule has 5 heteroatoms. The van der Waals surface area contributed by atoms with Gasteiger partial charge in [-0.05, 0) is 54.4 Å². The van der Waals surface area contributed by atoms with Gasteiger partial charge in [0.05, 0.1) is 23.1 Å². The summed E-state index contributed by atoms with van der Waals surface area (Å²) in [6.45, 7) is 0. The number of hydrogen-bond acceptors (Lipinski definition) is 3. The van der Waals surface area contributed by atoms with Crippen LogP contribution in [0.1, 0.15) is 16.8 Å². The monoisotopic (exact) mass is 309 g/mol. The van der Waals surface area contributed by atoms with Gasteiger partial charge in [0.1, 0.15) is 0 Å². The fourth-order valence-electron chi connectivity index (χ4n) is 4.96. The standard InChI is InChI=1S/C18H15NO4/c20-16-14-10-5-6-11(13-7-12(10)13)15(14)17(21)19(16)9-3-1-8(2-4-9)18(22)23/h1-6,10-15H,7H2,(H,22,23)/t10-,11+,12-,13+,14+,15-. The van der Waals surface area contributed by atoms with E-state index in [2.05, 4.69) is 12.2 Å². The number of carboxylic acids is 1. The molecule has 2 bridgehead atoms. The van der Waals surface area contributed by atoms with E-state index >= 15 is 0 Å². The topological polar surface area (TPSA) is 74.7 Å². The number of carboxylic acid groups (broad SMARTS) is 1. The fraction of sp³-hybridized carbons (Fsp3) is 0.389. The molecule has 1 aromatic rings. The maximum absolute atomic E-state index is 12.9. The summed E-state index contributed by atoms with van der Waals surface area (Å²) in [4.78, 5) is 38.0. The Bertz CT molecular complexity index is 745. The summed E-state index contributed by atoms with van der Waals surface area (Å²) in [6, 6.07) is 5.97. The Balaban J connectivity index is 1.53. The van der Waals surface area contributed by atoms with E-state index in [0.29, 0.717) is 17.5 Å². The third-order valence-corrected chi connectivity index (χ3v) is 6.04. The number of carbonyl (C=O) groups is 3. The van der Waals surface area contributed by atoms with E-state index in [4.69, 9.17) is 5.11 Å². The fourth-order valence-corrected chi connectivity index (χ4v) is 4.96. The van der Waals surface area contributed by atoms with Crippen LogP contribution < -0.4 is 4.90 Å². The van der Waals surface area contributed by atoms with Gasteiger partial charge in [0.2, 0.25) is 11.8 Å². The molecular formula is C18H15NO4. The predicted molar refractivity (Wildman–Crippen MR) is 80.6 cm³/mol. The number of amides is 2. The lowest BCUT2D eigenvalue weighted by Gasteiger charge is -2.37. The van der Waals surface area contributed by atoms with E-state index < -0.39 is 5.97 Å². The normalized spacial score (nSPS) is 39.4. The molecule has 5 nitrogen and oxygen atoms in total. The van der Waals surface area contributed by atoms with Crippen molar-refractivity contribution < 1.29 is 19.5 Å². The Morgan fingerprint density at radius 3 is 1.96 bits per heavy atom. The second-order valence-electron chi connectivity index (χ2n) is 7.02. The quantitative estimate of drug-likeness (QED) is 0.669. The molecule has 3 fully saturated rings. The lowest BCUT2D eigenvalue weighted by Crippen LogP contribution is -2.40. The molecule has 0 spiro atoms. The van der Waals surface area contributed by atoms with Crippen molar-refractivity contribution in [2.45, 2.75) is 6.42 Å². The number of anilines is 1. The molecule has 1 heterocycles. The molecule has 116 valence electrons. The molecular weight excluding hydrogens is 294 g/mol. The van der Waals surface area contributed by atoms with Gasteiger partial charge in [0.25, 0.3) is 0 Å². The van der Waals surface area contributed by atoms with E-state index in [9.17, 15) is 14.4 Å². The first-order valence-electron chi connectivity index (χ1n) is 7.97.